The summed E-state index contributed by atoms with van der Waals surface area (Å²) in [5.41, 5.74) is 1.34. The molecule has 1 heterocycles. The fraction of sp³-hybridized carbons (Fsp3) is 0.222. The zero-order chi connectivity index (χ0) is 16.9. The molecular weight excluding hydrogens is 344 g/mol. The van der Waals surface area contributed by atoms with Crippen molar-refractivity contribution in [3.05, 3.63) is 53.1 Å². The normalized spacial score (nSPS) is 10.8. The van der Waals surface area contributed by atoms with Gasteiger partial charge in [0.15, 0.2) is 5.13 Å². The largest absolute Gasteiger partial charge is 0.494 e. The van der Waals surface area contributed by atoms with E-state index >= 15 is 0 Å². The van der Waals surface area contributed by atoms with Crippen LogP contribution in [-0.4, -0.2) is 17.5 Å². The number of thiazole rings is 1. The van der Waals surface area contributed by atoms with Gasteiger partial charge in [-0.1, -0.05) is 42.3 Å². The van der Waals surface area contributed by atoms with Crippen molar-refractivity contribution in [3.63, 3.8) is 0 Å². The Bertz CT molecular complexity index is 863. The number of rotatable bonds is 6. The van der Waals surface area contributed by atoms with Gasteiger partial charge in [0, 0.05) is 10.6 Å². The molecule has 0 unspecified atom stereocenters. The molecule has 1 N–H and O–H groups in total. The molecule has 24 heavy (non-hydrogen) atoms. The number of nitrogens with one attached hydrogen (secondary N) is 1. The van der Waals surface area contributed by atoms with E-state index in [0.29, 0.717) is 22.3 Å². The van der Waals surface area contributed by atoms with Crippen molar-refractivity contribution in [2.75, 3.05) is 11.9 Å². The molecule has 0 atom stereocenters. The van der Waals surface area contributed by atoms with Gasteiger partial charge in [-0.25, -0.2) is 4.98 Å². The Morgan fingerprint density at radius 1 is 1.29 bits per heavy atom. The third-order valence-electron chi connectivity index (χ3n) is 3.43. The highest BCUT2D eigenvalue weighted by Gasteiger charge is 2.11. The summed E-state index contributed by atoms with van der Waals surface area (Å²) in [4.78, 5) is 16.7. The molecule has 0 spiro atoms. The summed E-state index contributed by atoms with van der Waals surface area (Å²) in [6, 6.07) is 12.6. The maximum absolute atomic E-state index is 12.3. The average molecular weight is 361 g/mol. The summed E-state index contributed by atoms with van der Waals surface area (Å²) in [5, 5.41) is 3.90. The molecule has 0 aliphatic heterocycles. The highest BCUT2D eigenvalue weighted by Crippen LogP contribution is 2.29. The molecule has 0 bridgehead atoms. The monoisotopic (exact) mass is 360 g/mol. The Balaban J connectivity index is 1.74. The molecule has 1 amide bonds. The molecule has 124 valence electrons. The molecule has 0 aliphatic rings. The Kier molecular flexibility index (Phi) is 5.33. The van der Waals surface area contributed by atoms with Crippen molar-refractivity contribution < 1.29 is 9.53 Å². The number of carbonyl (C=O) groups excluding carboxylic acids is 1. The number of hydrogen-bond acceptors (Lipinski definition) is 4. The van der Waals surface area contributed by atoms with Crippen LogP contribution in [0, 0.1) is 0 Å². The fourth-order valence-electron chi connectivity index (χ4n) is 2.18. The van der Waals surface area contributed by atoms with Crippen molar-refractivity contribution in [2.24, 2.45) is 0 Å². The number of unbranched alkanes of at least 4 members (excludes halogenated alkanes) is 1. The van der Waals surface area contributed by atoms with Gasteiger partial charge in [-0.15, -0.1) is 0 Å². The number of ether oxygens (including phenoxy) is 1. The summed E-state index contributed by atoms with van der Waals surface area (Å²) in [5.74, 6) is 0.600. The number of aromatic nitrogens is 1. The quantitative estimate of drug-likeness (QED) is 0.600. The van der Waals surface area contributed by atoms with E-state index in [1.165, 1.54) is 11.3 Å². The molecule has 0 aliphatic carbocycles. The van der Waals surface area contributed by atoms with E-state index in [9.17, 15) is 4.79 Å². The molecule has 3 rings (SSSR count). The first-order valence-electron chi connectivity index (χ1n) is 7.76. The number of halogens is 1. The molecule has 0 radical (unpaired) electrons. The zero-order valence-electron chi connectivity index (χ0n) is 13.2. The van der Waals surface area contributed by atoms with Crippen molar-refractivity contribution in [3.8, 4) is 5.75 Å². The second kappa shape index (κ2) is 7.64. The van der Waals surface area contributed by atoms with Gasteiger partial charge in [0.1, 0.15) is 5.75 Å². The third kappa shape index (κ3) is 4.04. The van der Waals surface area contributed by atoms with Gasteiger partial charge < -0.3 is 4.74 Å². The molecule has 0 saturated carbocycles. The maximum atomic E-state index is 12.3. The molecule has 6 heteroatoms. The molecule has 0 saturated heterocycles. The van der Waals surface area contributed by atoms with Crippen molar-refractivity contribution in [1.82, 2.24) is 4.98 Å². The van der Waals surface area contributed by atoms with Crippen LogP contribution in [0.25, 0.3) is 10.2 Å². The molecule has 2 aromatic carbocycles. The minimum absolute atomic E-state index is 0.226. The highest BCUT2D eigenvalue weighted by molar-refractivity contribution is 7.22. The number of anilines is 1. The van der Waals surface area contributed by atoms with Gasteiger partial charge in [0.2, 0.25) is 0 Å². The molecule has 0 fully saturated rings. The SMILES string of the molecule is CCCCOc1ccc2nc(NC(=O)c3cccc(Cl)c3)sc2c1. The summed E-state index contributed by atoms with van der Waals surface area (Å²) in [6.07, 6.45) is 2.13. The predicted molar refractivity (Wildman–Crippen MR) is 99.4 cm³/mol. The van der Waals surface area contributed by atoms with Gasteiger partial charge in [-0.3, -0.25) is 10.1 Å². The second-order valence-electron chi connectivity index (χ2n) is 5.32. The van der Waals surface area contributed by atoms with Crippen LogP contribution in [0.2, 0.25) is 5.02 Å². The minimum atomic E-state index is -0.226. The van der Waals surface area contributed by atoms with Gasteiger partial charge in [-0.2, -0.15) is 0 Å². The lowest BCUT2D eigenvalue weighted by molar-refractivity contribution is 0.102. The summed E-state index contributed by atoms with van der Waals surface area (Å²) in [7, 11) is 0. The number of nitrogens with zero attached hydrogens (tertiary/aromatic N) is 1. The fourth-order valence-corrected chi connectivity index (χ4v) is 3.26. The topological polar surface area (TPSA) is 51.2 Å². The Hall–Kier alpha value is -2.11. The van der Waals surface area contributed by atoms with E-state index in [1.807, 2.05) is 18.2 Å². The summed E-state index contributed by atoms with van der Waals surface area (Å²) >= 11 is 7.34. The van der Waals surface area contributed by atoms with E-state index in [4.69, 9.17) is 16.3 Å². The van der Waals surface area contributed by atoms with Crippen LogP contribution in [0.4, 0.5) is 5.13 Å². The Morgan fingerprint density at radius 2 is 2.17 bits per heavy atom. The number of hydrogen-bond donors (Lipinski definition) is 1. The average Bonchev–Trinajstić information content (AvgIpc) is 2.96. The highest BCUT2D eigenvalue weighted by atomic mass is 35.5. The van der Waals surface area contributed by atoms with E-state index in [2.05, 4.69) is 17.2 Å². The van der Waals surface area contributed by atoms with Crippen LogP contribution in [-0.2, 0) is 0 Å². The van der Waals surface area contributed by atoms with Gasteiger partial charge in [-0.05, 0) is 42.8 Å². The van der Waals surface area contributed by atoms with Crippen molar-refractivity contribution in [2.45, 2.75) is 19.8 Å². The summed E-state index contributed by atoms with van der Waals surface area (Å²) in [6.45, 7) is 2.84. The van der Waals surface area contributed by atoms with Crippen molar-refractivity contribution >= 4 is 44.2 Å². The van der Waals surface area contributed by atoms with Crippen LogP contribution >= 0.6 is 22.9 Å². The molecule has 4 nitrogen and oxygen atoms in total. The van der Waals surface area contributed by atoms with Crippen LogP contribution < -0.4 is 10.1 Å². The molecule has 3 aromatic rings. The number of fused-ring (bicyclic) bond motifs is 1. The molecule has 1 aromatic heterocycles. The summed E-state index contributed by atoms with van der Waals surface area (Å²) < 4.78 is 6.68. The minimum Gasteiger partial charge on any atom is -0.494 e. The number of carbonyl (C=O) groups is 1. The predicted octanol–water partition coefficient (Wildman–Crippen LogP) is 5.38. The van der Waals surface area contributed by atoms with E-state index < -0.39 is 0 Å². The number of benzene rings is 2. The smallest absolute Gasteiger partial charge is 0.257 e. The van der Waals surface area contributed by atoms with Crippen LogP contribution in [0.3, 0.4) is 0 Å². The van der Waals surface area contributed by atoms with Crippen LogP contribution in [0.5, 0.6) is 5.75 Å². The van der Waals surface area contributed by atoms with Crippen LogP contribution in [0.15, 0.2) is 42.5 Å². The van der Waals surface area contributed by atoms with Gasteiger partial charge >= 0.3 is 0 Å². The standard InChI is InChI=1S/C18H17ClN2O2S/c1-2-3-9-23-14-7-8-15-16(11-14)24-18(20-15)21-17(22)12-5-4-6-13(19)10-12/h4-8,10-11H,2-3,9H2,1H3,(H,20,21,22). The third-order valence-corrected chi connectivity index (χ3v) is 4.60. The van der Waals surface area contributed by atoms with E-state index in [0.717, 1.165) is 28.8 Å². The lowest BCUT2D eigenvalue weighted by Crippen LogP contribution is -2.11. The first-order chi connectivity index (χ1) is 11.7. The Morgan fingerprint density at radius 3 is 2.96 bits per heavy atom. The zero-order valence-corrected chi connectivity index (χ0v) is 14.8. The van der Waals surface area contributed by atoms with E-state index in [1.54, 1.807) is 24.3 Å². The maximum Gasteiger partial charge on any atom is 0.257 e. The molecular formula is C18H17ClN2O2S. The first-order valence-corrected chi connectivity index (χ1v) is 8.95. The lowest BCUT2D eigenvalue weighted by atomic mass is 10.2. The van der Waals surface area contributed by atoms with Gasteiger partial charge in [0.05, 0.1) is 16.8 Å². The van der Waals surface area contributed by atoms with Gasteiger partial charge in [0.25, 0.3) is 5.91 Å². The van der Waals surface area contributed by atoms with Crippen LogP contribution in [0.1, 0.15) is 30.1 Å². The second-order valence-corrected chi connectivity index (χ2v) is 6.78. The number of amides is 1. The van der Waals surface area contributed by atoms with E-state index in [-0.39, 0.29) is 5.91 Å². The first kappa shape index (κ1) is 16.7. The Labute approximate surface area is 149 Å². The lowest BCUT2D eigenvalue weighted by Gasteiger charge is -2.04. The van der Waals surface area contributed by atoms with Crippen molar-refractivity contribution in [1.29, 1.82) is 0 Å².